The fourth-order valence-corrected chi connectivity index (χ4v) is 3.51. The van der Waals surface area contributed by atoms with Crippen LogP contribution in [0.4, 0.5) is 11.8 Å². The molecule has 0 aliphatic carbocycles. The summed E-state index contributed by atoms with van der Waals surface area (Å²) < 4.78 is 0. The Morgan fingerprint density at radius 2 is 2.07 bits per heavy atom. The second-order valence-corrected chi connectivity index (χ2v) is 7.09. The molecule has 1 saturated heterocycles. The molecule has 6 nitrogen and oxygen atoms in total. The topological polar surface area (TPSA) is 66.8 Å². The molecule has 4 rings (SSSR count). The zero-order valence-electron chi connectivity index (χ0n) is 15.5. The molecule has 0 unspecified atom stereocenters. The fourth-order valence-electron chi connectivity index (χ4n) is 3.51. The predicted molar refractivity (Wildman–Crippen MR) is 106 cm³/mol. The van der Waals surface area contributed by atoms with Crippen LogP contribution in [0.1, 0.15) is 35.6 Å². The number of hydrogen-bond donors (Lipinski definition) is 1. The van der Waals surface area contributed by atoms with Gasteiger partial charge in [0.05, 0.1) is 5.69 Å². The van der Waals surface area contributed by atoms with E-state index in [0.29, 0.717) is 11.9 Å². The molecule has 0 radical (unpaired) electrons. The van der Waals surface area contributed by atoms with E-state index in [1.54, 1.807) is 0 Å². The van der Waals surface area contributed by atoms with Crippen molar-refractivity contribution >= 4 is 11.8 Å². The van der Waals surface area contributed by atoms with Gasteiger partial charge in [0.1, 0.15) is 5.82 Å². The molecule has 3 aromatic rings. The summed E-state index contributed by atoms with van der Waals surface area (Å²) in [5, 5.41) is 3.21. The molecular weight excluding hydrogens is 336 g/mol. The molecule has 27 heavy (non-hydrogen) atoms. The molecule has 0 bridgehead atoms. The van der Waals surface area contributed by atoms with E-state index in [0.717, 1.165) is 43.1 Å². The maximum absolute atomic E-state index is 4.75. The van der Waals surface area contributed by atoms with Crippen molar-refractivity contribution in [3.8, 4) is 0 Å². The molecular formula is C21H24N6. The van der Waals surface area contributed by atoms with Crippen molar-refractivity contribution < 1.29 is 0 Å². The highest BCUT2D eigenvalue weighted by atomic mass is 15.2. The predicted octanol–water partition coefficient (Wildman–Crippen LogP) is 3.70. The Labute approximate surface area is 159 Å². The van der Waals surface area contributed by atoms with Crippen molar-refractivity contribution in [2.45, 2.75) is 32.2 Å². The second kappa shape index (κ2) is 8.22. The quantitative estimate of drug-likeness (QED) is 0.748. The molecule has 3 aromatic heterocycles. The molecule has 1 aliphatic rings. The van der Waals surface area contributed by atoms with Crippen LogP contribution < -0.4 is 5.32 Å². The number of rotatable bonds is 5. The van der Waals surface area contributed by atoms with Crippen LogP contribution in [0.2, 0.25) is 0 Å². The first-order chi connectivity index (χ1) is 13.3. The number of aryl methyl sites for hydroxylation is 1. The van der Waals surface area contributed by atoms with Crippen molar-refractivity contribution in [3.63, 3.8) is 0 Å². The van der Waals surface area contributed by atoms with Gasteiger partial charge in [-0.2, -0.15) is 0 Å². The molecule has 0 aromatic carbocycles. The van der Waals surface area contributed by atoms with Crippen LogP contribution in [-0.4, -0.2) is 37.9 Å². The minimum Gasteiger partial charge on any atom is -0.309 e. The Morgan fingerprint density at radius 3 is 2.89 bits per heavy atom. The number of likely N-dealkylation sites (tertiary alicyclic amines) is 1. The molecule has 6 heteroatoms. The molecule has 1 aliphatic heterocycles. The average molecular weight is 360 g/mol. The normalized spacial score (nSPS) is 17.6. The van der Waals surface area contributed by atoms with E-state index in [-0.39, 0.29) is 0 Å². The van der Waals surface area contributed by atoms with Crippen LogP contribution in [0.5, 0.6) is 0 Å². The highest BCUT2D eigenvalue weighted by Gasteiger charge is 2.23. The van der Waals surface area contributed by atoms with E-state index >= 15 is 0 Å². The summed E-state index contributed by atoms with van der Waals surface area (Å²) in [6.07, 6.45) is 9.77. The van der Waals surface area contributed by atoms with Crippen molar-refractivity contribution in [1.82, 2.24) is 24.8 Å². The zero-order chi connectivity index (χ0) is 18.5. The minimum atomic E-state index is 0.421. The van der Waals surface area contributed by atoms with E-state index in [4.69, 9.17) is 4.98 Å². The van der Waals surface area contributed by atoms with Gasteiger partial charge in [-0.05, 0) is 55.6 Å². The van der Waals surface area contributed by atoms with Gasteiger partial charge in [-0.25, -0.2) is 15.0 Å². The standard InChI is InChI=1S/C21H24N6/c1-16-6-7-20(24-12-16)26-21-23-10-8-19(25-21)18-5-3-11-27(15-18)14-17-4-2-9-22-13-17/h2,4,6-10,12-13,18H,3,5,11,14-15H2,1H3,(H,23,24,25,26)/t18-/m1/s1. The minimum absolute atomic E-state index is 0.421. The van der Waals surface area contributed by atoms with Crippen molar-refractivity contribution in [1.29, 1.82) is 0 Å². The van der Waals surface area contributed by atoms with Crippen molar-refractivity contribution in [2.24, 2.45) is 0 Å². The first-order valence-electron chi connectivity index (χ1n) is 9.40. The lowest BCUT2D eigenvalue weighted by molar-refractivity contribution is 0.198. The van der Waals surface area contributed by atoms with Crippen molar-refractivity contribution in [3.05, 3.63) is 71.9 Å². The van der Waals surface area contributed by atoms with Gasteiger partial charge in [0, 0.05) is 43.8 Å². The number of anilines is 2. The van der Waals surface area contributed by atoms with E-state index in [1.165, 1.54) is 12.0 Å². The number of aromatic nitrogens is 4. The summed E-state index contributed by atoms with van der Waals surface area (Å²) in [6.45, 7) is 5.09. The maximum atomic E-state index is 4.75. The Bertz CT molecular complexity index is 865. The van der Waals surface area contributed by atoms with Gasteiger partial charge in [0.15, 0.2) is 0 Å². The maximum Gasteiger partial charge on any atom is 0.228 e. The van der Waals surface area contributed by atoms with Crippen molar-refractivity contribution in [2.75, 3.05) is 18.4 Å². The highest BCUT2D eigenvalue weighted by Crippen LogP contribution is 2.27. The first-order valence-corrected chi connectivity index (χ1v) is 9.40. The SMILES string of the molecule is Cc1ccc(Nc2nccc([C@@H]3CCCN(Cc4cccnc4)C3)n2)nc1. The molecule has 1 N–H and O–H groups in total. The third kappa shape index (κ3) is 4.65. The van der Waals surface area contributed by atoms with Gasteiger partial charge < -0.3 is 5.32 Å². The van der Waals surface area contributed by atoms with Gasteiger partial charge in [-0.3, -0.25) is 9.88 Å². The van der Waals surface area contributed by atoms with Gasteiger partial charge in [0.2, 0.25) is 5.95 Å². The molecule has 1 fully saturated rings. The van der Waals surface area contributed by atoms with Gasteiger partial charge in [-0.1, -0.05) is 12.1 Å². The number of hydrogen-bond acceptors (Lipinski definition) is 6. The molecule has 1 atom stereocenters. The summed E-state index contributed by atoms with van der Waals surface area (Å²) in [6, 6.07) is 10.1. The lowest BCUT2D eigenvalue weighted by atomic mass is 9.94. The number of nitrogens with one attached hydrogen (secondary N) is 1. The highest BCUT2D eigenvalue weighted by molar-refractivity contribution is 5.47. The van der Waals surface area contributed by atoms with Crippen LogP contribution in [0, 0.1) is 6.92 Å². The number of pyridine rings is 2. The summed E-state index contributed by atoms with van der Waals surface area (Å²) in [4.78, 5) is 20.2. The van der Waals surface area contributed by atoms with Crippen LogP contribution in [0.3, 0.4) is 0 Å². The number of piperidine rings is 1. The zero-order valence-corrected chi connectivity index (χ0v) is 15.5. The van der Waals surface area contributed by atoms with E-state index in [9.17, 15) is 0 Å². The average Bonchev–Trinajstić information content (AvgIpc) is 2.71. The Kier molecular flexibility index (Phi) is 5.34. The monoisotopic (exact) mass is 360 g/mol. The van der Waals surface area contributed by atoms with Gasteiger partial charge in [0.25, 0.3) is 0 Å². The third-order valence-corrected chi connectivity index (χ3v) is 4.88. The van der Waals surface area contributed by atoms with Gasteiger partial charge in [-0.15, -0.1) is 0 Å². The smallest absolute Gasteiger partial charge is 0.228 e. The fraction of sp³-hybridized carbons (Fsp3) is 0.333. The number of nitrogens with zero attached hydrogens (tertiary/aromatic N) is 5. The lowest BCUT2D eigenvalue weighted by Gasteiger charge is -2.32. The molecule has 4 heterocycles. The summed E-state index contributed by atoms with van der Waals surface area (Å²) >= 11 is 0. The molecule has 0 saturated carbocycles. The largest absolute Gasteiger partial charge is 0.309 e. The first kappa shape index (κ1) is 17.5. The Morgan fingerprint density at radius 1 is 1.11 bits per heavy atom. The van der Waals surface area contributed by atoms with E-state index in [2.05, 4.69) is 31.2 Å². The lowest BCUT2D eigenvalue weighted by Crippen LogP contribution is -2.34. The summed E-state index contributed by atoms with van der Waals surface area (Å²) in [5.74, 6) is 1.79. The molecule has 0 spiro atoms. The van der Waals surface area contributed by atoms with Crippen LogP contribution in [0.15, 0.2) is 55.1 Å². The third-order valence-electron chi connectivity index (χ3n) is 4.88. The van der Waals surface area contributed by atoms with Gasteiger partial charge >= 0.3 is 0 Å². The Balaban J connectivity index is 1.43. The summed E-state index contributed by atoms with van der Waals surface area (Å²) in [7, 11) is 0. The molecule has 138 valence electrons. The summed E-state index contributed by atoms with van der Waals surface area (Å²) in [5.41, 5.74) is 3.48. The molecule has 0 amide bonds. The Hall–Kier alpha value is -2.86. The van der Waals surface area contributed by atoms with E-state index < -0.39 is 0 Å². The second-order valence-electron chi connectivity index (χ2n) is 7.09. The van der Waals surface area contributed by atoms with Crippen LogP contribution >= 0.6 is 0 Å². The van der Waals surface area contributed by atoms with E-state index in [1.807, 2.05) is 56.0 Å². The van der Waals surface area contributed by atoms with Crippen LogP contribution in [-0.2, 0) is 6.54 Å². The van der Waals surface area contributed by atoms with Crippen LogP contribution in [0.25, 0.3) is 0 Å².